The van der Waals surface area contributed by atoms with Gasteiger partial charge in [0, 0.05) is 12.1 Å². The molecule has 0 spiro atoms. The maximum Gasteiger partial charge on any atom is 0.426 e. The van der Waals surface area contributed by atoms with Gasteiger partial charge in [0.05, 0.1) is 18.0 Å². The normalized spacial score (nSPS) is 14.7. The number of anilines is 2. The molecule has 1 aliphatic rings. The fourth-order valence-electron chi connectivity index (χ4n) is 3.60. The van der Waals surface area contributed by atoms with E-state index in [-0.39, 0.29) is 20.0 Å². The molecule has 2 aromatic carbocycles. The van der Waals surface area contributed by atoms with Crippen LogP contribution in [0.25, 0.3) is 0 Å². The van der Waals surface area contributed by atoms with Crippen molar-refractivity contribution in [3.8, 4) is 0 Å². The highest BCUT2D eigenvalue weighted by atomic mass is 16.4. The second-order valence-corrected chi connectivity index (χ2v) is 7.06. The topological polar surface area (TPSA) is 94.7 Å². The molecule has 1 aromatic heterocycles. The molecule has 0 saturated carbocycles. The second-order valence-electron chi connectivity index (χ2n) is 7.06. The third kappa shape index (κ3) is 4.46. The third-order valence-corrected chi connectivity index (χ3v) is 4.94. The van der Waals surface area contributed by atoms with Crippen LogP contribution in [-0.2, 0) is 0 Å². The summed E-state index contributed by atoms with van der Waals surface area (Å²) in [6.07, 6.45) is 1.31. The quantitative estimate of drug-likeness (QED) is 0.595. The fourth-order valence-corrected chi connectivity index (χ4v) is 3.60. The van der Waals surface area contributed by atoms with E-state index in [1.807, 2.05) is 35.6 Å². The SMILES string of the molecule is O=C(O)N(c1ccccc1)N1CN(N(C(=O)O)c2ccccc2)CN([n+]2ccccc2)C1. The van der Waals surface area contributed by atoms with E-state index in [1.165, 1.54) is 0 Å². The minimum atomic E-state index is -1.17. The highest BCUT2D eigenvalue weighted by molar-refractivity contribution is 5.86. The number of rotatable bonds is 5. The first-order valence-corrected chi connectivity index (χ1v) is 9.92. The van der Waals surface area contributed by atoms with Crippen molar-refractivity contribution in [1.82, 2.24) is 10.0 Å². The molecule has 164 valence electrons. The molecule has 0 unspecified atom stereocenters. The molecule has 2 amide bonds. The summed E-state index contributed by atoms with van der Waals surface area (Å²) >= 11 is 0. The smallest absolute Gasteiger partial charge is 0.426 e. The monoisotopic (exact) mass is 435 g/mol. The molecule has 0 aliphatic carbocycles. The Balaban J connectivity index is 1.73. The summed E-state index contributed by atoms with van der Waals surface area (Å²) in [5, 5.41) is 27.2. The molecule has 1 fully saturated rings. The van der Waals surface area contributed by atoms with E-state index in [2.05, 4.69) is 0 Å². The van der Waals surface area contributed by atoms with Gasteiger partial charge in [0.15, 0.2) is 12.4 Å². The van der Waals surface area contributed by atoms with E-state index in [0.717, 1.165) is 10.0 Å². The number of nitrogens with zero attached hydrogens (tertiary/aromatic N) is 6. The standard InChI is InChI=1S/C22H22N6O4/c29-21(30)27(19-10-4-1-5-11-19)25-16-24(23-14-8-3-9-15-23)17-26(18-25)28(22(31)32)20-12-6-2-7-13-20/h1-15H,16-18H2,(H-,29,30,31,32)/p+1. The molecule has 1 aliphatic heterocycles. The molecular weight excluding hydrogens is 412 g/mol. The minimum absolute atomic E-state index is 0.0340. The molecule has 2 heterocycles. The van der Waals surface area contributed by atoms with Gasteiger partial charge in [-0.2, -0.15) is 10.0 Å². The number of hydrogen-bond acceptors (Lipinski definition) is 5. The first-order valence-electron chi connectivity index (χ1n) is 9.92. The summed E-state index contributed by atoms with van der Waals surface area (Å²) in [5.41, 5.74) is 0.919. The molecule has 32 heavy (non-hydrogen) atoms. The molecule has 3 aromatic rings. The number of carbonyl (C=O) groups is 2. The van der Waals surface area contributed by atoms with E-state index in [0.29, 0.717) is 11.4 Å². The van der Waals surface area contributed by atoms with Crippen molar-refractivity contribution >= 4 is 23.6 Å². The minimum Gasteiger partial charge on any atom is -0.464 e. The summed E-state index contributed by atoms with van der Waals surface area (Å²) in [6, 6.07) is 23.0. The van der Waals surface area contributed by atoms with Crippen LogP contribution in [0.3, 0.4) is 0 Å². The Hall–Kier alpha value is -4.15. The van der Waals surface area contributed by atoms with Crippen LogP contribution >= 0.6 is 0 Å². The van der Waals surface area contributed by atoms with Gasteiger partial charge >= 0.3 is 12.2 Å². The summed E-state index contributed by atoms with van der Waals surface area (Å²) in [5.74, 6) is 0. The van der Waals surface area contributed by atoms with Crippen molar-refractivity contribution in [2.45, 2.75) is 0 Å². The lowest BCUT2D eigenvalue weighted by Crippen LogP contribution is -2.74. The first kappa shape index (κ1) is 21.1. The molecule has 4 rings (SSSR count). The fraction of sp³-hybridized carbons (Fsp3) is 0.136. The summed E-state index contributed by atoms with van der Waals surface area (Å²) in [6.45, 7) is 0.468. The number of hydrogen-bond donors (Lipinski definition) is 2. The van der Waals surface area contributed by atoms with Gasteiger partial charge in [-0.1, -0.05) is 47.1 Å². The predicted octanol–water partition coefficient (Wildman–Crippen LogP) is 2.60. The van der Waals surface area contributed by atoms with Crippen LogP contribution in [0, 0.1) is 0 Å². The Morgan fingerprint density at radius 3 is 1.47 bits per heavy atom. The lowest BCUT2D eigenvalue weighted by atomic mass is 10.3. The molecule has 10 nitrogen and oxygen atoms in total. The summed E-state index contributed by atoms with van der Waals surface area (Å²) < 4.78 is 1.80. The highest BCUT2D eigenvalue weighted by Gasteiger charge is 2.38. The molecule has 0 atom stereocenters. The predicted molar refractivity (Wildman–Crippen MR) is 117 cm³/mol. The van der Waals surface area contributed by atoms with Crippen LogP contribution < -0.4 is 19.7 Å². The van der Waals surface area contributed by atoms with E-state index in [9.17, 15) is 19.8 Å². The van der Waals surface area contributed by atoms with Gasteiger partial charge in [-0.05, 0) is 24.3 Å². The molecule has 1 saturated heterocycles. The molecular formula is C22H23N6O4+. The van der Waals surface area contributed by atoms with E-state index >= 15 is 0 Å². The van der Waals surface area contributed by atoms with Crippen molar-refractivity contribution in [2.75, 3.05) is 35.0 Å². The number of amides is 2. The van der Waals surface area contributed by atoms with Gasteiger partial charge in [-0.3, -0.25) is 0 Å². The van der Waals surface area contributed by atoms with Gasteiger partial charge in [0.25, 0.3) is 0 Å². The molecule has 2 N–H and O–H groups in total. The Labute approximate surface area is 184 Å². The van der Waals surface area contributed by atoms with Gasteiger partial charge in [-0.25, -0.2) is 19.6 Å². The average Bonchev–Trinajstić information content (AvgIpc) is 2.81. The van der Waals surface area contributed by atoms with Crippen LogP contribution in [0.2, 0.25) is 0 Å². The molecule has 10 heteroatoms. The van der Waals surface area contributed by atoms with Crippen LogP contribution in [0.1, 0.15) is 0 Å². The van der Waals surface area contributed by atoms with Crippen LogP contribution in [-0.4, -0.2) is 52.4 Å². The van der Waals surface area contributed by atoms with Crippen molar-refractivity contribution < 1.29 is 24.5 Å². The Bertz CT molecular complexity index is 988. The number of para-hydroxylation sites is 2. The van der Waals surface area contributed by atoms with E-state index < -0.39 is 12.2 Å². The van der Waals surface area contributed by atoms with Gasteiger partial charge in [-0.15, -0.1) is 5.01 Å². The number of hydrazine groups is 2. The Kier molecular flexibility index (Phi) is 6.15. The zero-order valence-electron chi connectivity index (χ0n) is 17.2. The number of aromatic nitrogens is 1. The van der Waals surface area contributed by atoms with E-state index in [1.54, 1.807) is 75.4 Å². The van der Waals surface area contributed by atoms with Crippen LogP contribution in [0.15, 0.2) is 91.3 Å². The number of pyridine rings is 1. The molecule has 0 radical (unpaired) electrons. The van der Waals surface area contributed by atoms with Crippen molar-refractivity contribution in [3.05, 3.63) is 91.3 Å². The van der Waals surface area contributed by atoms with Crippen LogP contribution in [0.4, 0.5) is 21.0 Å². The van der Waals surface area contributed by atoms with Gasteiger partial charge in [0.1, 0.15) is 13.3 Å². The van der Waals surface area contributed by atoms with Crippen molar-refractivity contribution in [3.63, 3.8) is 0 Å². The number of carboxylic acid groups (broad SMARTS) is 2. The zero-order chi connectivity index (χ0) is 22.5. The van der Waals surface area contributed by atoms with Gasteiger partial charge < -0.3 is 10.2 Å². The third-order valence-electron chi connectivity index (χ3n) is 4.94. The van der Waals surface area contributed by atoms with Crippen molar-refractivity contribution in [1.29, 1.82) is 0 Å². The first-order chi connectivity index (χ1) is 15.5. The largest absolute Gasteiger partial charge is 0.464 e. The zero-order valence-corrected chi connectivity index (χ0v) is 17.2. The second kappa shape index (κ2) is 9.33. The maximum atomic E-state index is 12.2. The summed E-state index contributed by atoms with van der Waals surface area (Å²) in [4.78, 5) is 24.5. The van der Waals surface area contributed by atoms with Gasteiger partial charge in [0.2, 0.25) is 0 Å². The summed E-state index contributed by atoms with van der Waals surface area (Å²) in [7, 11) is 0. The lowest BCUT2D eigenvalue weighted by Gasteiger charge is -2.45. The van der Waals surface area contributed by atoms with Crippen molar-refractivity contribution in [2.24, 2.45) is 0 Å². The highest BCUT2D eigenvalue weighted by Crippen LogP contribution is 2.22. The lowest BCUT2D eigenvalue weighted by molar-refractivity contribution is -0.699. The van der Waals surface area contributed by atoms with Crippen LogP contribution in [0.5, 0.6) is 0 Å². The Morgan fingerprint density at radius 2 is 1.06 bits per heavy atom. The average molecular weight is 435 g/mol. The number of benzene rings is 2. The maximum absolute atomic E-state index is 12.2. The Morgan fingerprint density at radius 1 is 0.656 bits per heavy atom. The molecule has 0 bridgehead atoms. The van der Waals surface area contributed by atoms with E-state index in [4.69, 9.17) is 0 Å².